The molecule has 2 fully saturated rings. The SMILES string of the molecule is CCCN(Cc1ncc(-c2ccc(C3CCC(c4ccc(-c5cnc(C6CCCN6C(=O)C(NC(=O)OC)C(C)C)[nH]5)cc4)N3c3ccc(C(C)(C)C)cc3)cc2)[nH]1)C(O)C(NC(=O)COC)C(C)C. The molecule has 376 valence electrons. The number of alkyl carbamates (subject to hydrolysis) is 1. The highest BCUT2D eigenvalue weighted by Gasteiger charge is 2.39. The first-order valence-corrected chi connectivity index (χ1v) is 25.0. The van der Waals surface area contributed by atoms with E-state index in [0.29, 0.717) is 19.6 Å². The summed E-state index contributed by atoms with van der Waals surface area (Å²) < 4.78 is 9.83. The van der Waals surface area contributed by atoms with Crippen molar-refractivity contribution in [2.45, 2.75) is 136 Å². The van der Waals surface area contributed by atoms with Crippen LogP contribution in [0.25, 0.3) is 22.5 Å². The van der Waals surface area contributed by atoms with Gasteiger partial charge in [0.2, 0.25) is 11.8 Å². The Labute approximate surface area is 414 Å². The Morgan fingerprint density at radius 1 is 0.800 bits per heavy atom. The van der Waals surface area contributed by atoms with Gasteiger partial charge in [-0.2, -0.15) is 0 Å². The van der Waals surface area contributed by atoms with Gasteiger partial charge in [-0.3, -0.25) is 14.5 Å². The smallest absolute Gasteiger partial charge is 0.407 e. The largest absolute Gasteiger partial charge is 0.453 e. The van der Waals surface area contributed by atoms with Gasteiger partial charge < -0.3 is 45.0 Å². The van der Waals surface area contributed by atoms with Crippen LogP contribution in [-0.4, -0.2) is 105 Å². The lowest BCUT2D eigenvalue weighted by atomic mass is 9.87. The van der Waals surface area contributed by atoms with Crippen molar-refractivity contribution in [2.24, 2.45) is 11.8 Å². The fourth-order valence-electron chi connectivity index (χ4n) is 10.1. The minimum atomic E-state index is -0.907. The fourth-order valence-corrected chi connectivity index (χ4v) is 10.1. The van der Waals surface area contributed by atoms with Crippen molar-refractivity contribution in [2.75, 3.05) is 38.8 Å². The van der Waals surface area contributed by atoms with Crippen LogP contribution in [0.15, 0.2) is 85.2 Å². The average molecular weight is 958 g/mol. The molecule has 6 atom stereocenters. The van der Waals surface area contributed by atoms with E-state index < -0.39 is 24.4 Å². The molecule has 2 aliphatic heterocycles. The van der Waals surface area contributed by atoms with Crippen molar-refractivity contribution < 1.29 is 29.0 Å². The number of aliphatic hydroxyl groups is 1. The molecule has 2 aliphatic rings. The van der Waals surface area contributed by atoms with E-state index in [1.807, 2.05) is 49.9 Å². The third-order valence-electron chi connectivity index (χ3n) is 14.0. The molecule has 6 unspecified atom stereocenters. The number of imidazole rings is 2. The van der Waals surface area contributed by atoms with Crippen LogP contribution in [0.2, 0.25) is 0 Å². The van der Waals surface area contributed by atoms with Crippen LogP contribution in [0.4, 0.5) is 10.5 Å². The van der Waals surface area contributed by atoms with Crippen LogP contribution in [-0.2, 0) is 31.0 Å². The summed E-state index contributed by atoms with van der Waals surface area (Å²) in [5.74, 6) is 0.969. The van der Waals surface area contributed by atoms with Gasteiger partial charge in [-0.15, -0.1) is 0 Å². The number of likely N-dealkylation sites (tertiary alicyclic amines) is 1. The van der Waals surface area contributed by atoms with Crippen molar-refractivity contribution in [1.82, 2.24) is 40.4 Å². The summed E-state index contributed by atoms with van der Waals surface area (Å²) in [7, 11) is 2.78. The van der Waals surface area contributed by atoms with Gasteiger partial charge in [0, 0.05) is 25.9 Å². The van der Waals surface area contributed by atoms with E-state index in [0.717, 1.165) is 66.3 Å². The summed E-state index contributed by atoms with van der Waals surface area (Å²) >= 11 is 0. The molecule has 3 amide bonds. The molecule has 3 aromatic carbocycles. The van der Waals surface area contributed by atoms with Crippen molar-refractivity contribution in [3.05, 3.63) is 114 Å². The second kappa shape index (κ2) is 22.8. The Morgan fingerprint density at radius 2 is 1.40 bits per heavy atom. The number of nitrogens with one attached hydrogen (secondary N) is 4. The Kier molecular flexibility index (Phi) is 16.9. The number of anilines is 1. The zero-order chi connectivity index (χ0) is 50.3. The number of benzene rings is 3. The summed E-state index contributed by atoms with van der Waals surface area (Å²) in [6.07, 6.45) is 6.59. The van der Waals surface area contributed by atoms with E-state index in [1.165, 1.54) is 36.6 Å². The number of carbonyl (C=O) groups excluding carboxylic acids is 3. The lowest BCUT2D eigenvalue weighted by molar-refractivity contribution is -0.135. The van der Waals surface area contributed by atoms with Crippen LogP contribution in [0.3, 0.4) is 0 Å². The van der Waals surface area contributed by atoms with Gasteiger partial charge in [-0.05, 0) is 89.3 Å². The fraction of sp³-hybridized carbons (Fsp3) is 0.509. The third kappa shape index (κ3) is 11.9. The molecule has 0 spiro atoms. The molecule has 15 heteroatoms. The molecule has 0 aliphatic carbocycles. The normalized spacial score (nSPS) is 18.7. The molecule has 7 rings (SSSR count). The Balaban J connectivity index is 1.08. The van der Waals surface area contributed by atoms with E-state index in [4.69, 9.17) is 19.4 Å². The highest BCUT2D eigenvalue weighted by atomic mass is 16.5. The van der Waals surface area contributed by atoms with Crippen LogP contribution in [0, 0.1) is 11.8 Å². The molecule has 0 saturated carbocycles. The Hall–Kier alpha value is -6.03. The number of H-pyrrole nitrogens is 2. The summed E-state index contributed by atoms with van der Waals surface area (Å²) in [4.78, 5) is 61.2. The van der Waals surface area contributed by atoms with Crippen LogP contribution < -0.4 is 15.5 Å². The molecule has 70 heavy (non-hydrogen) atoms. The van der Waals surface area contributed by atoms with Gasteiger partial charge in [0.25, 0.3) is 0 Å². The molecule has 15 nitrogen and oxygen atoms in total. The predicted molar refractivity (Wildman–Crippen MR) is 274 cm³/mol. The maximum absolute atomic E-state index is 13.8. The second-order valence-electron chi connectivity index (χ2n) is 20.7. The molecular formula is C55H75N9O6. The summed E-state index contributed by atoms with van der Waals surface area (Å²) in [6, 6.07) is 25.5. The zero-order valence-corrected chi connectivity index (χ0v) is 42.8. The number of hydrogen-bond acceptors (Lipinski definition) is 10. The Bertz CT molecular complexity index is 2490. The molecule has 4 heterocycles. The number of methoxy groups -OCH3 is 2. The molecule has 2 saturated heterocycles. The summed E-state index contributed by atoms with van der Waals surface area (Å²) in [5.41, 5.74) is 8.79. The van der Waals surface area contributed by atoms with E-state index in [9.17, 15) is 19.5 Å². The van der Waals surface area contributed by atoms with Crippen LogP contribution in [0.5, 0.6) is 0 Å². The van der Waals surface area contributed by atoms with Gasteiger partial charge in [-0.25, -0.2) is 14.8 Å². The maximum atomic E-state index is 13.8. The number of rotatable bonds is 19. The van der Waals surface area contributed by atoms with Crippen LogP contribution >= 0.6 is 0 Å². The Morgan fingerprint density at radius 3 is 1.94 bits per heavy atom. The quantitative estimate of drug-likeness (QED) is 0.0501. The number of ether oxygens (including phenoxy) is 2. The van der Waals surface area contributed by atoms with Crippen molar-refractivity contribution in [3.8, 4) is 22.5 Å². The van der Waals surface area contributed by atoms with E-state index in [-0.39, 0.29) is 53.8 Å². The monoisotopic (exact) mass is 958 g/mol. The minimum Gasteiger partial charge on any atom is -0.453 e. The van der Waals surface area contributed by atoms with E-state index >= 15 is 0 Å². The first kappa shape index (κ1) is 51.8. The van der Waals surface area contributed by atoms with Crippen molar-refractivity contribution in [3.63, 3.8) is 0 Å². The highest BCUT2D eigenvalue weighted by Crippen LogP contribution is 2.48. The topological polar surface area (TPSA) is 181 Å². The van der Waals surface area contributed by atoms with E-state index in [1.54, 1.807) is 0 Å². The van der Waals surface area contributed by atoms with Crippen molar-refractivity contribution in [1.29, 1.82) is 0 Å². The molecule has 0 radical (unpaired) electrons. The van der Waals surface area contributed by atoms with Crippen molar-refractivity contribution >= 4 is 23.6 Å². The lowest BCUT2D eigenvalue weighted by Gasteiger charge is -2.35. The van der Waals surface area contributed by atoms with Gasteiger partial charge in [0.1, 0.15) is 30.5 Å². The number of aromatic nitrogens is 4. The first-order chi connectivity index (χ1) is 33.5. The average Bonchev–Trinajstić information content (AvgIpc) is 4.19. The minimum absolute atomic E-state index is 0.00283. The standard InChI is InChI=1S/C55H75N9O6/c1-11-28-62(52(66)49(34(2)3)60-48(65)33-69-9)32-47-56-30-42(58-47)36-14-18-38(19-15-36)44-26-27-45(64(44)41-24-22-40(23-25-41)55(6,7)8)39-20-16-37(17-21-39)43-31-57-51(59-43)46-13-12-29-63(46)53(67)50(35(4)5)61-54(68)70-10/h14-25,30-31,34-35,44-46,49-50,52,66H,11-13,26-29,32-33H2,1-10H3,(H,56,58)(H,57,59)(H,60,65)(H,61,68). The molecule has 5 N–H and O–H groups in total. The predicted octanol–water partition coefficient (Wildman–Crippen LogP) is 9.21. The van der Waals surface area contributed by atoms with Crippen LogP contribution in [0.1, 0.15) is 134 Å². The number of aromatic amines is 2. The van der Waals surface area contributed by atoms with Gasteiger partial charge >= 0.3 is 6.09 Å². The molecule has 0 bridgehead atoms. The number of hydrogen-bond donors (Lipinski definition) is 5. The van der Waals surface area contributed by atoms with Gasteiger partial charge in [-0.1, -0.05) is 116 Å². The number of aliphatic hydroxyl groups excluding tert-OH is 1. The third-order valence-corrected chi connectivity index (χ3v) is 14.0. The second-order valence-corrected chi connectivity index (χ2v) is 20.7. The molecule has 2 aromatic heterocycles. The van der Waals surface area contributed by atoms with Gasteiger partial charge in [0.05, 0.1) is 61.6 Å². The number of amides is 3. The molecular weight excluding hydrogens is 883 g/mol. The van der Waals surface area contributed by atoms with Gasteiger partial charge in [0.15, 0.2) is 0 Å². The molecule has 5 aromatic rings. The highest BCUT2D eigenvalue weighted by molar-refractivity contribution is 5.86. The number of nitrogens with zero attached hydrogens (tertiary/aromatic N) is 5. The number of carbonyl (C=O) groups is 3. The summed E-state index contributed by atoms with van der Waals surface area (Å²) in [5, 5.41) is 17.2. The van der Waals surface area contributed by atoms with E-state index in [2.05, 4.69) is 126 Å². The first-order valence-electron chi connectivity index (χ1n) is 25.0. The summed E-state index contributed by atoms with van der Waals surface area (Å²) in [6.45, 7) is 18.2. The zero-order valence-electron chi connectivity index (χ0n) is 42.8. The maximum Gasteiger partial charge on any atom is 0.407 e. The lowest BCUT2D eigenvalue weighted by Crippen LogP contribution is -2.54.